The van der Waals surface area contributed by atoms with Gasteiger partial charge in [0.1, 0.15) is 0 Å². The van der Waals surface area contributed by atoms with Crippen LogP contribution in [-0.4, -0.2) is 19.2 Å². The molecule has 1 heterocycles. The Balaban J connectivity index is 2.43. The summed E-state index contributed by atoms with van der Waals surface area (Å²) in [7, 11) is 3.14. The highest BCUT2D eigenvalue weighted by molar-refractivity contribution is 5.89. The molecule has 0 aliphatic heterocycles. The molecule has 0 bridgehead atoms. The van der Waals surface area contributed by atoms with Gasteiger partial charge in [-0.1, -0.05) is 6.07 Å². The van der Waals surface area contributed by atoms with E-state index in [-0.39, 0.29) is 0 Å². The average Bonchev–Trinajstić information content (AvgIpc) is 2.53. The molecular formula is C16H14N2O2. The smallest absolute Gasteiger partial charge is 0.161 e. The Hall–Kier alpha value is -2.80. The first-order chi connectivity index (χ1) is 9.78. The zero-order chi connectivity index (χ0) is 14.4. The van der Waals surface area contributed by atoms with Crippen molar-refractivity contribution in [3.8, 4) is 17.6 Å². The van der Waals surface area contributed by atoms with E-state index in [2.05, 4.69) is 11.1 Å². The number of benzene rings is 1. The minimum absolute atomic E-state index is 0.518. The van der Waals surface area contributed by atoms with Gasteiger partial charge in [-0.15, -0.1) is 0 Å². The third-order valence-corrected chi connectivity index (χ3v) is 2.79. The van der Waals surface area contributed by atoms with E-state index in [1.807, 2.05) is 24.3 Å². The van der Waals surface area contributed by atoms with E-state index in [0.29, 0.717) is 17.1 Å². The molecule has 0 fully saturated rings. The first-order valence-corrected chi connectivity index (χ1v) is 6.03. The number of hydrogen-bond donors (Lipinski definition) is 0. The molecule has 1 aromatic heterocycles. The van der Waals surface area contributed by atoms with Crippen molar-refractivity contribution >= 4 is 11.6 Å². The topological polar surface area (TPSA) is 55.1 Å². The fourth-order valence-corrected chi connectivity index (χ4v) is 1.79. The first kappa shape index (κ1) is 13.6. The van der Waals surface area contributed by atoms with Crippen LogP contribution in [0.3, 0.4) is 0 Å². The monoisotopic (exact) mass is 266 g/mol. The third kappa shape index (κ3) is 2.96. The highest BCUT2D eigenvalue weighted by Gasteiger charge is 2.08. The number of hydrogen-bond acceptors (Lipinski definition) is 4. The van der Waals surface area contributed by atoms with Crippen LogP contribution in [0.5, 0.6) is 11.5 Å². The summed E-state index contributed by atoms with van der Waals surface area (Å²) in [5.74, 6) is 1.22. The standard InChI is InChI=1S/C16H14N2O2/c1-19-15-7-6-12(10-16(15)20-2)13(11-17)9-14-5-3-4-8-18-14/h3-10H,1-2H3/b13-9+. The third-order valence-electron chi connectivity index (χ3n) is 2.79. The molecule has 0 aliphatic rings. The fourth-order valence-electron chi connectivity index (χ4n) is 1.79. The molecule has 0 spiro atoms. The summed E-state index contributed by atoms with van der Waals surface area (Å²) in [5.41, 5.74) is 2.01. The minimum Gasteiger partial charge on any atom is -0.493 e. The molecule has 0 saturated heterocycles. The van der Waals surface area contributed by atoms with Gasteiger partial charge in [-0.25, -0.2) is 0 Å². The van der Waals surface area contributed by atoms with Crippen molar-refractivity contribution in [1.29, 1.82) is 5.26 Å². The summed E-state index contributed by atoms with van der Waals surface area (Å²) in [5, 5.41) is 9.31. The molecule has 0 amide bonds. The Labute approximate surface area is 117 Å². The Morgan fingerprint density at radius 2 is 1.95 bits per heavy atom. The quantitative estimate of drug-likeness (QED) is 0.798. The van der Waals surface area contributed by atoms with Gasteiger partial charge in [0.25, 0.3) is 0 Å². The Bertz CT molecular complexity index is 658. The number of methoxy groups -OCH3 is 2. The molecule has 0 saturated carbocycles. The van der Waals surface area contributed by atoms with Crippen molar-refractivity contribution < 1.29 is 9.47 Å². The second-order valence-electron chi connectivity index (χ2n) is 3.99. The van der Waals surface area contributed by atoms with Crippen molar-refractivity contribution in [3.05, 3.63) is 53.9 Å². The maximum atomic E-state index is 9.31. The summed E-state index contributed by atoms with van der Waals surface area (Å²) in [6, 6.07) is 13.1. The predicted octanol–water partition coefficient (Wildman–Crippen LogP) is 3.16. The van der Waals surface area contributed by atoms with Gasteiger partial charge in [-0.05, 0) is 42.0 Å². The average molecular weight is 266 g/mol. The molecule has 0 N–H and O–H groups in total. The van der Waals surface area contributed by atoms with E-state index < -0.39 is 0 Å². The molecule has 20 heavy (non-hydrogen) atoms. The van der Waals surface area contributed by atoms with Crippen LogP contribution in [0.15, 0.2) is 42.6 Å². The minimum atomic E-state index is 0.518. The van der Waals surface area contributed by atoms with Crippen LogP contribution in [0, 0.1) is 11.3 Å². The zero-order valence-corrected chi connectivity index (χ0v) is 11.3. The molecule has 2 rings (SSSR count). The highest BCUT2D eigenvalue weighted by Crippen LogP contribution is 2.30. The maximum Gasteiger partial charge on any atom is 0.161 e. The molecule has 0 unspecified atom stereocenters. The molecule has 4 heteroatoms. The van der Waals surface area contributed by atoms with Crippen molar-refractivity contribution in [1.82, 2.24) is 4.98 Å². The van der Waals surface area contributed by atoms with Crippen molar-refractivity contribution in [2.75, 3.05) is 14.2 Å². The lowest BCUT2D eigenvalue weighted by Gasteiger charge is -2.09. The van der Waals surface area contributed by atoms with Gasteiger partial charge in [0, 0.05) is 6.20 Å². The summed E-state index contributed by atoms with van der Waals surface area (Å²) in [6.07, 6.45) is 3.43. The second-order valence-corrected chi connectivity index (χ2v) is 3.99. The summed E-state index contributed by atoms with van der Waals surface area (Å²) in [4.78, 5) is 4.18. The van der Waals surface area contributed by atoms with Crippen molar-refractivity contribution in [2.45, 2.75) is 0 Å². The molecule has 0 radical (unpaired) electrons. The number of ether oxygens (including phenoxy) is 2. The van der Waals surface area contributed by atoms with Crippen LogP contribution in [0.4, 0.5) is 0 Å². The van der Waals surface area contributed by atoms with E-state index in [0.717, 1.165) is 11.3 Å². The summed E-state index contributed by atoms with van der Waals surface area (Å²) in [6.45, 7) is 0. The number of nitrogens with zero attached hydrogens (tertiary/aromatic N) is 2. The highest BCUT2D eigenvalue weighted by atomic mass is 16.5. The first-order valence-electron chi connectivity index (χ1n) is 6.03. The lowest BCUT2D eigenvalue weighted by Crippen LogP contribution is -1.92. The van der Waals surface area contributed by atoms with E-state index >= 15 is 0 Å². The van der Waals surface area contributed by atoms with Gasteiger partial charge < -0.3 is 9.47 Å². The Morgan fingerprint density at radius 3 is 2.55 bits per heavy atom. The number of rotatable bonds is 4. The largest absolute Gasteiger partial charge is 0.493 e. The van der Waals surface area contributed by atoms with Gasteiger partial charge in [0.2, 0.25) is 0 Å². The van der Waals surface area contributed by atoms with Crippen molar-refractivity contribution in [3.63, 3.8) is 0 Å². The number of pyridine rings is 1. The van der Waals surface area contributed by atoms with Gasteiger partial charge in [-0.2, -0.15) is 5.26 Å². The van der Waals surface area contributed by atoms with Crippen LogP contribution in [0.2, 0.25) is 0 Å². The maximum absolute atomic E-state index is 9.31. The molecule has 0 aliphatic carbocycles. The van der Waals surface area contributed by atoms with Crippen LogP contribution in [0.1, 0.15) is 11.3 Å². The SMILES string of the molecule is COc1ccc(/C(C#N)=C/c2ccccn2)cc1OC. The predicted molar refractivity (Wildman–Crippen MR) is 77.3 cm³/mol. The zero-order valence-electron chi connectivity index (χ0n) is 11.3. The van der Waals surface area contributed by atoms with Crippen LogP contribution < -0.4 is 9.47 Å². The molecule has 100 valence electrons. The summed E-state index contributed by atoms with van der Waals surface area (Å²) >= 11 is 0. The van der Waals surface area contributed by atoms with Gasteiger partial charge >= 0.3 is 0 Å². The number of allylic oxidation sites excluding steroid dienone is 1. The lowest BCUT2D eigenvalue weighted by atomic mass is 10.0. The molecule has 0 atom stereocenters. The van der Waals surface area contributed by atoms with Crippen LogP contribution in [-0.2, 0) is 0 Å². The molecular weight excluding hydrogens is 252 g/mol. The molecule has 1 aromatic carbocycles. The van der Waals surface area contributed by atoms with E-state index in [9.17, 15) is 5.26 Å². The lowest BCUT2D eigenvalue weighted by molar-refractivity contribution is 0.355. The van der Waals surface area contributed by atoms with Gasteiger partial charge in [0.15, 0.2) is 11.5 Å². The van der Waals surface area contributed by atoms with Gasteiger partial charge in [-0.3, -0.25) is 4.98 Å². The second kappa shape index (κ2) is 6.39. The number of aromatic nitrogens is 1. The molecule has 2 aromatic rings. The Morgan fingerprint density at radius 1 is 1.15 bits per heavy atom. The van der Waals surface area contributed by atoms with Crippen molar-refractivity contribution in [2.24, 2.45) is 0 Å². The summed E-state index contributed by atoms with van der Waals surface area (Å²) < 4.78 is 10.4. The van der Waals surface area contributed by atoms with Gasteiger partial charge in [0.05, 0.1) is 31.6 Å². The van der Waals surface area contributed by atoms with E-state index in [1.165, 1.54) is 0 Å². The molecule has 4 nitrogen and oxygen atoms in total. The van der Waals surface area contributed by atoms with Crippen LogP contribution >= 0.6 is 0 Å². The number of nitriles is 1. The normalized spacial score (nSPS) is 10.8. The van der Waals surface area contributed by atoms with Crippen LogP contribution in [0.25, 0.3) is 11.6 Å². The Kier molecular flexibility index (Phi) is 4.35. The van der Waals surface area contributed by atoms with E-state index in [1.54, 1.807) is 38.6 Å². The fraction of sp³-hybridized carbons (Fsp3) is 0.125. The van der Waals surface area contributed by atoms with E-state index in [4.69, 9.17) is 9.47 Å².